The molecule has 2 aromatic carbocycles. The van der Waals surface area contributed by atoms with Crippen molar-refractivity contribution >= 4 is 0 Å². The summed E-state index contributed by atoms with van der Waals surface area (Å²) in [5.41, 5.74) is 3.96. The third-order valence-corrected chi connectivity index (χ3v) is 3.91. The highest BCUT2D eigenvalue weighted by atomic mass is 16.5. The van der Waals surface area contributed by atoms with Crippen molar-refractivity contribution in [2.75, 3.05) is 6.54 Å². The maximum Gasteiger partial charge on any atom is 0.123 e. The van der Waals surface area contributed by atoms with Crippen LogP contribution >= 0.6 is 0 Å². The summed E-state index contributed by atoms with van der Waals surface area (Å²) in [6.45, 7) is 5.22. The second-order valence-corrected chi connectivity index (χ2v) is 5.60. The first-order chi connectivity index (χ1) is 9.72. The number of para-hydroxylation sites is 1. The van der Waals surface area contributed by atoms with Crippen LogP contribution in [0.3, 0.4) is 0 Å². The molecule has 2 aromatic rings. The largest absolute Gasteiger partial charge is 0.488 e. The smallest absolute Gasteiger partial charge is 0.123 e. The number of ether oxygens (including phenoxy) is 1. The van der Waals surface area contributed by atoms with Gasteiger partial charge in [-0.05, 0) is 31.0 Å². The Morgan fingerprint density at radius 2 is 2.05 bits per heavy atom. The minimum atomic E-state index is 0.250. The van der Waals surface area contributed by atoms with E-state index in [-0.39, 0.29) is 6.10 Å². The summed E-state index contributed by atoms with van der Waals surface area (Å²) in [7, 11) is 0. The number of hydrogen-bond acceptors (Lipinski definition) is 2. The quantitative estimate of drug-likeness (QED) is 0.913. The minimum Gasteiger partial charge on any atom is -0.488 e. The molecule has 104 valence electrons. The van der Waals surface area contributed by atoms with Crippen LogP contribution in [0.25, 0.3) is 0 Å². The van der Waals surface area contributed by atoms with Crippen LogP contribution < -0.4 is 10.1 Å². The fourth-order valence-corrected chi connectivity index (χ4v) is 2.73. The third kappa shape index (κ3) is 2.86. The molecule has 3 rings (SSSR count). The van der Waals surface area contributed by atoms with E-state index in [2.05, 4.69) is 61.6 Å². The average molecular weight is 267 g/mol. The molecule has 20 heavy (non-hydrogen) atoms. The molecule has 1 aliphatic heterocycles. The minimum absolute atomic E-state index is 0.250. The summed E-state index contributed by atoms with van der Waals surface area (Å²) >= 11 is 0. The first kappa shape index (κ1) is 13.2. The lowest BCUT2D eigenvalue weighted by atomic mass is 10.1. The summed E-state index contributed by atoms with van der Waals surface area (Å²) in [6, 6.07) is 17.3. The molecule has 0 saturated carbocycles. The van der Waals surface area contributed by atoms with E-state index in [9.17, 15) is 0 Å². The molecule has 0 aromatic heterocycles. The van der Waals surface area contributed by atoms with Gasteiger partial charge in [0.25, 0.3) is 0 Å². The Bertz CT molecular complexity index is 568. The Hall–Kier alpha value is -1.80. The fraction of sp³-hybridized carbons (Fsp3) is 0.333. The van der Waals surface area contributed by atoms with Gasteiger partial charge in [-0.1, -0.05) is 48.0 Å². The SMILES string of the molecule is Cc1cccc(C(C)NCC2Cc3ccccc3O2)c1. The highest BCUT2D eigenvalue weighted by Crippen LogP contribution is 2.28. The van der Waals surface area contributed by atoms with Crippen molar-refractivity contribution in [3.8, 4) is 5.75 Å². The van der Waals surface area contributed by atoms with Gasteiger partial charge in [0.2, 0.25) is 0 Å². The molecule has 1 N–H and O–H groups in total. The van der Waals surface area contributed by atoms with Crippen molar-refractivity contribution < 1.29 is 4.74 Å². The Balaban J connectivity index is 1.56. The van der Waals surface area contributed by atoms with Gasteiger partial charge in [0.1, 0.15) is 11.9 Å². The van der Waals surface area contributed by atoms with Gasteiger partial charge >= 0.3 is 0 Å². The number of fused-ring (bicyclic) bond motifs is 1. The lowest BCUT2D eigenvalue weighted by Crippen LogP contribution is -2.31. The molecular formula is C18H21NO. The molecule has 1 heterocycles. The van der Waals surface area contributed by atoms with Gasteiger partial charge in [-0.15, -0.1) is 0 Å². The zero-order valence-electron chi connectivity index (χ0n) is 12.1. The van der Waals surface area contributed by atoms with E-state index in [4.69, 9.17) is 4.74 Å². The van der Waals surface area contributed by atoms with Crippen molar-refractivity contribution in [3.05, 3.63) is 65.2 Å². The van der Waals surface area contributed by atoms with Crippen LogP contribution in [0.15, 0.2) is 48.5 Å². The Morgan fingerprint density at radius 3 is 2.85 bits per heavy atom. The van der Waals surface area contributed by atoms with E-state index >= 15 is 0 Å². The van der Waals surface area contributed by atoms with Crippen LogP contribution in [0.4, 0.5) is 0 Å². The first-order valence-corrected chi connectivity index (χ1v) is 7.27. The zero-order valence-corrected chi connectivity index (χ0v) is 12.1. The lowest BCUT2D eigenvalue weighted by molar-refractivity contribution is 0.222. The molecule has 0 bridgehead atoms. The van der Waals surface area contributed by atoms with Gasteiger partial charge < -0.3 is 10.1 Å². The van der Waals surface area contributed by atoms with Crippen molar-refractivity contribution in [2.45, 2.75) is 32.4 Å². The lowest BCUT2D eigenvalue weighted by Gasteiger charge is -2.18. The standard InChI is InChI=1S/C18H21NO/c1-13-6-5-8-15(10-13)14(2)19-12-17-11-16-7-3-4-9-18(16)20-17/h3-10,14,17,19H,11-12H2,1-2H3. The normalized spacial score (nSPS) is 18.4. The predicted molar refractivity (Wildman–Crippen MR) is 82.2 cm³/mol. The zero-order chi connectivity index (χ0) is 13.9. The van der Waals surface area contributed by atoms with Crippen molar-refractivity contribution in [1.29, 1.82) is 0 Å². The van der Waals surface area contributed by atoms with Gasteiger partial charge in [0, 0.05) is 19.0 Å². The molecule has 2 atom stereocenters. The third-order valence-electron chi connectivity index (χ3n) is 3.91. The highest BCUT2D eigenvalue weighted by molar-refractivity contribution is 5.37. The second kappa shape index (κ2) is 5.68. The molecule has 2 nitrogen and oxygen atoms in total. The number of benzene rings is 2. The first-order valence-electron chi connectivity index (χ1n) is 7.27. The van der Waals surface area contributed by atoms with Crippen molar-refractivity contribution in [2.24, 2.45) is 0 Å². The van der Waals surface area contributed by atoms with E-state index in [1.54, 1.807) is 0 Å². The molecule has 0 amide bonds. The number of hydrogen-bond donors (Lipinski definition) is 1. The van der Waals surface area contributed by atoms with E-state index in [1.807, 2.05) is 6.07 Å². The molecule has 0 fully saturated rings. The van der Waals surface area contributed by atoms with Crippen LogP contribution in [-0.2, 0) is 6.42 Å². The summed E-state index contributed by atoms with van der Waals surface area (Å²) in [6.07, 6.45) is 1.25. The number of aryl methyl sites for hydroxylation is 1. The van der Waals surface area contributed by atoms with Crippen LogP contribution in [0.2, 0.25) is 0 Å². The Kier molecular flexibility index (Phi) is 3.75. The van der Waals surface area contributed by atoms with Gasteiger partial charge in [0.15, 0.2) is 0 Å². The topological polar surface area (TPSA) is 21.3 Å². The Labute approximate surface area is 120 Å². The Morgan fingerprint density at radius 1 is 1.20 bits per heavy atom. The molecule has 0 radical (unpaired) electrons. The van der Waals surface area contributed by atoms with Crippen LogP contribution in [0, 0.1) is 6.92 Å². The molecule has 2 unspecified atom stereocenters. The molecule has 0 spiro atoms. The average Bonchev–Trinajstić information content (AvgIpc) is 2.87. The number of rotatable bonds is 4. The van der Waals surface area contributed by atoms with Crippen LogP contribution in [0.1, 0.15) is 29.7 Å². The van der Waals surface area contributed by atoms with E-state index < -0.39 is 0 Å². The second-order valence-electron chi connectivity index (χ2n) is 5.60. The van der Waals surface area contributed by atoms with Crippen LogP contribution in [-0.4, -0.2) is 12.6 Å². The molecular weight excluding hydrogens is 246 g/mol. The van der Waals surface area contributed by atoms with Gasteiger partial charge in [-0.2, -0.15) is 0 Å². The van der Waals surface area contributed by atoms with E-state index in [1.165, 1.54) is 16.7 Å². The monoisotopic (exact) mass is 267 g/mol. The van der Waals surface area contributed by atoms with Crippen molar-refractivity contribution in [3.63, 3.8) is 0 Å². The summed E-state index contributed by atoms with van der Waals surface area (Å²) in [5.74, 6) is 1.04. The summed E-state index contributed by atoms with van der Waals surface area (Å²) < 4.78 is 5.95. The predicted octanol–water partition coefficient (Wildman–Crippen LogP) is 3.65. The molecule has 1 aliphatic rings. The maximum atomic E-state index is 5.95. The van der Waals surface area contributed by atoms with E-state index in [0.717, 1.165) is 18.7 Å². The van der Waals surface area contributed by atoms with Gasteiger partial charge in [-0.25, -0.2) is 0 Å². The molecule has 0 saturated heterocycles. The van der Waals surface area contributed by atoms with Crippen molar-refractivity contribution in [1.82, 2.24) is 5.32 Å². The van der Waals surface area contributed by atoms with E-state index in [0.29, 0.717) is 6.04 Å². The van der Waals surface area contributed by atoms with Gasteiger partial charge in [-0.3, -0.25) is 0 Å². The van der Waals surface area contributed by atoms with Gasteiger partial charge in [0.05, 0.1) is 0 Å². The number of nitrogens with one attached hydrogen (secondary N) is 1. The fourth-order valence-electron chi connectivity index (χ4n) is 2.73. The molecule has 0 aliphatic carbocycles. The molecule has 2 heteroatoms. The summed E-state index contributed by atoms with van der Waals surface area (Å²) in [5, 5.41) is 3.58. The van der Waals surface area contributed by atoms with Crippen LogP contribution in [0.5, 0.6) is 5.75 Å². The maximum absolute atomic E-state index is 5.95. The summed E-state index contributed by atoms with van der Waals surface area (Å²) in [4.78, 5) is 0. The highest BCUT2D eigenvalue weighted by Gasteiger charge is 2.22.